The summed E-state index contributed by atoms with van der Waals surface area (Å²) in [7, 11) is 1.32. The maximum atomic E-state index is 12.4. The number of para-hydroxylation sites is 1. The van der Waals surface area contributed by atoms with Gasteiger partial charge in [0.2, 0.25) is 0 Å². The Balaban J connectivity index is 1.82. The number of thiophene rings is 1. The molecule has 0 atom stereocenters. The number of carbonyl (C=O) groups is 2. The molecule has 1 N–H and O–H groups in total. The van der Waals surface area contributed by atoms with Crippen molar-refractivity contribution in [2.24, 2.45) is 0 Å². The Morgan fingerprint density at radius 3 is 2.55 bits per heavy atom. The van der Waals surface area contributed by atoms with Crippen LogP contribution < -0.4 is 10.1 Å². The van der Waals surface area contributed by atoms with Crippen LogP contribution in [0.1, 0.15) is 21.5 Å². The van der Waals surface area contributed by atoms with Gasteiger partial charge in [-0.1, -0.05) is 41.9 Å². The Morgan fingerprint density at radius 2 is 1.86 bits per heavy atom. The van der Waals surface area contributed by atoms with E-state index in [4.69, 9.17) is 21.1 Å². The Hall–Kier alpha value is -2.83. The number of methoxy groups -OCH3 is 1. The molecular weight excluding hydrogens is 410 g/mol. The van der Waals surface area contributed by atoms with Gasteiger partial charge in [0.05, 0.1) is 12.1 Å². The second kappa shape index (κ2) is 9.11. The topological polar surface area (TPSA) is 64.6 Å². The van der Waals surface area contributed by atoms with Crippen LogP contribution in [0.15, 0.2) is 47.8 Å². The number of aryl methyl sites for hydroxylation is 2. The predicted molar refractivity (Wildman–Crippen MR) is 116 cm³/mol. The van der Waals surface area contributed by atoms with Crippen molar-refractivity contribution in [3.05, 3.63) is 69.6 Å². The number of hydrogen-bond donors (Lipinski definition) is 1. The van der Waals surface area contributed by atoms with E-state index in [-0.39, 0.29) is 6.61 Å². The molecule has 0 bridgehead atoms. The van der Waals surface area contributed by atoms with Gasteiger partial charge in [-0.2, -0.15) is 0 Å². The lowest BCUT2D eigenvalue weighted by Gasteiger charge is -2.10. The number of hydrogen-bond acceptors (Lipinski definition) is 5. The van der Waals surface area contributed by atoms with Crippen LogP contribution in [0.25, 0.3) is 11.1 Å². The lowest BCUT2D eigenvalue weighted by Crippen LogP contribution is -2.21. The maximum absolute atomic E-state index is 12.4. The van der Waals surface area contributed by atoms with Gasteiger partial charge in [-0.15, -0.1) is 11.3 Å². The summed E-state index contributed by atoms with van der Waals surface area (Å²) in [5.41, 5.74) is 4.20. The number of nitrogens with one attached hydrogen (secondary N) is 1. The summed E-state index contributed by atoms with van der Waals surface area (Å²) in [6, 6.07) is 12.9. The molecular formula is C22H20ClNO4S. The first-order valence-electron chi connectivity index (χ1n) is 8.85. The minimum atomic E-state index is -0.512. The van der Waals surface area contributed by atoms with E-state index in [1.54, 1.807) is 24.3 Å². The molecule has 0 fully saturated rings. The third-order valence-corrected chi connectivity index (χ3v) is 5.65. The fourth-order valence-electron chi connectivity index (χ4n) is 2.74. The van der Waals surface area contributed by atoms with Crippen molar-refractivity contribution in [2.75, 3.05) is 19.0 Å². The van der Waals surface area contributed by atoms with Gasteiger partial charge < -0.3 is 14.8 Å². The van der Waals surface area contributed by atoms with Crippen molar-refractivity contribution in [3.8, 4) is 16.9 Å². The molecule has 5 nitrogen and oxygen atoms in total. The molecule has 3 rings (SSSR count). The molecule has 150 valence electrons. The van der Waals surface area contributed by atoms with E-state index in [0.717, 1.165) is 16.7 Å². The average molecular weight is 430 g/mol. The van der Waals surface area contributed by atoms with E-state index in [2.05, 4.69) is 5.32 Å². The lowest BCUT2D eigenvalue weighted by atomic mass is 9.99. The molecule has 2 aromatic carbocycles. The van der Waals surface area contributed by atoms with E-state index in [9.17, 15) is 9.59 Å². The van der Waals surface area contributed by atoms with Gasteiger partial charge in [0.25, 0.3) is 5.91 Å². The minimum Gasteiger partial charge on any atom is -0.482 e. The number of esters is 1. The van der Waals surface area contributed by atoms with Crippen molar-refractivity contribution < 1.29 is 19.1 Å². The summed E-state index contributed by atoms with van der Waals surface area (Å²) >= 11 is 7.30. The molecule has 0 spiro atoms. The highest BCUT2D eigenvalue weighted by Gasteiger charge is 2.22. The monoisotopic (exact) mass is 429 g/mol. The van der Waals surface area contributed by atoms with E-state index in [1.807, 2.05) is 37.4 Å². The zero-order valence-corrected chi connectivity index (χ0v) is 17.8. The minimum absolute atomic E-state index is 0.235. The van der Waals surface area contributed by atoms with Crippen molar-refractivity contribution in [3.63, 3.8) is 0 Å². The number of amides is 1. The van der Waals surface area contributed by atoms with Crippen LogP contribution in [0.4, 0.5) is 5.00 Å². The number of benzene rings is 2. The maximum Gasteiger partial charge on any atom is 0.341 e. The summed E-state index contributed by atoms with van der Waals surface area (Å²) in [6.45, 7) is 3.80. The first-order chi connectivity index (χ1) is 13.9. The van der Waals surface area contributed by atoms with Crippen LogP contribution in [0.5, 0.6) is 5.75 Å². The van der Waals surface area contributed by atoms with Gasteiger partial charge in [-0.05, 0) is 42.7 Å². The van der Waals surface area contributed by atoms with Crippen LogP contribution in [0.3, 0.4) is 0 Å². The quantitative estimate of drug-likeness (QED) is 0.526. The molecule has 1 amide bonds. The SMILES string of the molecule is COC(=O)c1c(-c2ccc(C)c(C)c2)csc1NC(=O)COc1ccccc1Cl. The van der Waals surface area contributed by atoms with E-state index < -0.39 is 11.9 Å². The van der Waals surface area contributed by atoms with Crippen molar-refractivity contribution in [1.82, 2.24) is 0 Å². The van der Waals surface area contributed by atoms with Gasteiger partial charge in [0, 0.05) is 10.9 Å². The fraction of sp³-hybridized carbons (Fsp3) is 0.182. The molecule has 0 aliphatic heterocycles. The number of rotatable bonds is 6. The Bertz CT molecular complexity index is 1060. The predicted octanol–water partition coefficient (Wildman–Crippen LogP) is 5.49. The third kappa shape index (κ3) is 4.78. The summed E-state index contributed by atoms with van der Waals surface area (Å²) in [5.74, 6) is -0.495. The highest BCUT2D eigenvalue weighted by atomic mass is 35.5. The smallest absolute Gasteiger partial charge is 0.341 e. The molecule has 3 aromatic rings. The van der Waals surface area contributed by atoms with Crippen molar-refractivity contribution in [1.29, 1.82) is 0 Å². The summed E-state index contributed by atoms with van der Waals surface area (Å²) in [5, 5.41) is 5.41. The Labute approximate surface area is 178 Å². The second-order valence-corrected chi connectivity index (χ2v) is 7.70. The first kappa shape index (κ1) is 20.9. The van der Waals surface area contributed by atoms with Crippen LogP contribution in [-0.4, -0.2) is 25.6 Å². The molecule has 0 aliphatic carbocycles. The Kier molecular flexibility index (Phi) is 6.56. The van der Waals surface area contributed by atoms with E-state index >= 15 is 0 Å². The van der Waals surface area contributed by atoms with Crippen molar-refractivity contribution in [2.45, 2.75) is 13.8 Å². The van der Waals surface area contributed by atoms with Gasteiger partial charge in [-0.3, -0.25) is 4.79 Å². The van der Waals surface area contributed by atoms with Crippen molar-refractivity contribution >= 4 is 39.8 Å². The van der Waals surface area contributed by atoms with E-state index in [1.165, 1.54) is 18.4 Å². The van der Waals surface area contributed by atoms with Crippen LogP contribution >= 0.6 is 22.9 Å². The number of carbonyl (C=O) groups excluding carboxylic acids is 2. The van der Waals surface area contributed by atoms with Gasteiger partial charge in [0.1, 0.15) is 16.3 Å². The third-order valence-electron chi connectivity index (χ3n) is 4.45. The largest absolute Gasteiger partial charge is 0.482 e. The molecule has 0 saturated carbocycles. The van der Waals surface area contributed by atoms with Gasteiger partial charge in [0.15, 0.2) is 6.61 Å². The van der Waals surface area contributed by atoms with Gasteiger partial charge in [-0.25, -0.2) is 4.79 Å². The first-order valence-corrected chi connectivity index (χ1v) is 10.1. The van der Waals surface area contributed by atoms with Gasteiger partial charge >= 0.3 is 5.97 Å². The molecule has 0 unspecified atom stereocenters. The molecule has 29 heavy (non-hydrogen) atoms. The second-order valence-electron chi connectivity index (χ2n) is 6.41. The van der Waals surface area contributed by atoms with Crippen LogP contribution in [0, 0.1) is 13.8 Å². The zero-order chi connectivity index (χ0) is 21.0. The Morgan fingerprint density at radius 1 is 1.10 bits per heavy atom. The van der Waals surface area contributed by atoms with Crippen LogP contribution in [0.2, 0.25) is 5.02 Å². The van der Waals surface area contributed by atoms with Crippen LogP contribution in [-0.2, 0) is 9.53 Å². The fourth-order valence-corrected chi connectivity index (χ4v) is 3.91. The molecule has 0 saturated heterocycles. The molecule has 1 heterocycles. The normalized spacial score (nSPS) is 10.5. The molecule has 7 heteroatoms. The number of ether oxygens (including phenoxy) is 2. The standard InChI is InChI=1S/C22H20ClNO4S/c1-13-8-9-15(10-14(13)2)16-12-29-21(20(16)22(26)27-3)24-19(25)11-28-18-7-5-4-6-17(18)23/h4-10,12H,11H2,1-3H3,(H,24,25). The zero-order valence-electron chi connectivity index (χ0n) is 16.2. The molecule has 1 aromatic heterocycles. The average Bonchev–Trinajstić information content (AvgIpc) is 3.12. The summed E-state index contributed by atoms with van der Waals surface area (Å²) in [6.07, 6.45) is 0. The highest BCUT2D eigenvalue weighted by Crippen LogP contribution is 2.37. The molecule has 0 aliphatic rings. The highest BCUT2D eigenvalue weighted by molar-refractivity contribution is 7.15. The summed E-state index contributed by atoms with van der Waals surface area (Å²) in [4.78, 5) is 24.8. The van der Waals surface area contributed by atoms with E-state index in [0.29, 0.717) is 26.9 Å². The molecule has 0 radical (unpaired) electrons. The number of halogens is 1. The summed E-state index contributed by atoms with van der Waals surface area (Å²) < 4.78 is 10.4. The lowest BCUT2D eigenvalue weighted by molar-refractivity contribution is -0.118. The number of anilines is 1.